The van der Waals surface area contributed by atoms with Crippen LogP contribution in [0.2, 0.25) is 0 Å². The molecule has 1 aromatic carbocycles. The Morgan fingerprint density at radius 1 is 1.15 bits per heavy atom. The van der Waals surface area contributed by atoms with Gasteiger partial charge < -0.3 is 9.92 Å². The van der Waals surface area contributed by atoms with Crippen molar-refractivity contribution in [3.05, 3.63) is 23.8 Å². The van der Waals surface area contributed by atoms with Gasteiger partial charge in [0.05, 0.1) is 10.9 Å². The summed E-state index contributed by atoms with van der Waals surface area (Å²) in [6.07, 6.45) is 1.74. The number of anilines is 1. The van der Waals surface area contributed by atoms with Crippen LogP contribution in [0.15, 0.2) is 23.1 Å². The van der Waals surface area contributed by atoms with E-state index < -0.39 is 31.5 Å². The van der Waals surface area contributed by atoms with E-state index in [0.29, 0.717) is 18.4 Å². The molecule has 10 heteroatoms. The van der Waals surface area contributed by atoms with Gasteiger partial charge in [-0.05, 0) is 30.4 Å². The number of benzene rings is 1. The topological polar surface area (TPSA) is 133 Å². The average Bonchev–Trinajstić information content (AvgIpc) is 2.54. The molecule has 2 rings (SSSR count). The van der Waals surface area contributed by atoms with E-state index in [2.05, 4.69) is 4.18 Å². The molecule has 0 bridgehead atoms. The molecular formula is C16H24N2O6S2. The fraction of sp³-hybridized carbons (Fsp3) is 0.562. The summed E-state index contributed by atoms with van der Waals surface area (Å²) in [4.78, 5) is 11.5. The van der Waals surface area contributed by atoms with Gasteiger partial charge in [-0.25, -0.2) is 17.9 Å². The monoisotopic (exact) mass is 404 g/mol. The van der Waals surface area contributed by atoms with E-state index in [9.17, 15) is 21.6 Å². The van der Waals surface area contributed by atoms with Crippen LogP contribution in [-0.2, 0) is 24.3 Å². The van der Waals surface area contributed by atoms with Gasteiger partial charge in [0.2, 0.25) is 10.0 Å². The molecule has 1 saturated carbocycles. The first-order valence-electron chi connectivity index (χ1n) is 8.43. The molecule has 0 saturated heterocycles. The maximum absolute atomic E-state index is 12.3. The number of amides is 1. The standard InChI is InChI=1S/C16H24N2O6S2/c1-11(2)13-9-6-10-14(15(13)17)26(22,23)24-16(19)18-25(20,21)12-7-4-3-5-8-12/h6,9-12H,3-5,7-8,17H2,1-2H3,(H,18,19). The van der Waals surface area contributed by atoms with Gasteiger partial charge in [0.15, 0.2) is 0 Å². The highest BCUT2D eigenvalue weighted by Gasteiger charge is 2.32. The molecule has 1 fully saturated rings. The third-order valence-corrected chi connectivity index (χ3v) is 7.46. The first-order valence-corrected chi connectivity index (χ1v) is 11.4. The molecule has 0 spiro atoms. The number of nitrogen functional groups attached to an aromatic ring is 1. The van der Waals surface area contributed by atoms with Crippen molar-refractivity contribution >= 4 is 31.9 Å². The zero-order valence-electron chi connectivity index (χ0n) is 14.8. The fourth-order valence-corrected chi connectivity index (χ4v) is 5.43. The van der Waals surface area contributed by atoms with E-state index in [1.54, 1.807) is 10.8 Å². The van der Waals surface area contributed by atoms with Gasteiger partial charge in [0.25, 0.3) is 0 Å². The second-order valence-corrected chi connectivity index (χ2v) is 10.1. The Bertz CT molecular complexity index is 872. The molecule has 1 aliphatic carbocycles. The fourth-order valence-electron chi connectivity index (χ4n) is 3.02. The first kappa shape index (κ1) is 20.5. The van der Waals surface area contributed by atoms with Crippen molar-refractivity contribution in [1.29, 1.82) is 0 Å². The molecule has 1 amide bonds. The minimum Gasteiger partial charge on any atom is -0.397 e. The maximum atomic E-state index is 12.3. The Morgan fingerprint density at radius 3 is 2.35 bits per heavy atom. The van der Waals surface area contributed by atoms with Gasteiger partial charge in [-0.2, -0.15) is 8.42 Å². The smallest absolute Gasteiger partial charge is 0.397 e. The van der Waals surface area contributed by atoms with Crippen LogP contribution in [0.25, 0.3) is 0 Å². The van der Waals surface area contributed by atoms with Crippen LogP contribution >= 0.6 is 0 Å². The van der Waals surface area contributed by atoms with E-state index in [4.69, 9.17) is 5.73 Å². The minimum absolute atomic E-state index is 0.0227. The molecule has 8 nitrogen and oxygen atoms in total. The third kappa shape index (κ3) is 4.67. The quantitative estimate of drug-likeness (QED) is 0.569. The number of rotatable bonds is 5. The predicted octanol–water partition coefficient (Wildman–Crippen LogP) is 2.47. The van der Waals surface area contributed by atoms with E-state index in [-0.39, 0.29) is 16.5 Å². The number of nitrogens with two attached hydrogens (primary N) is 1. The lowest BCUT2D eigenvalue weighted by molar-refractivity contribution is 0.208. The van der Waals surface area contributed by atoms with E-state index >= 15 is 0 Å². The van der Waals surface area contributed by atoms with Gasteiger partial charge in [-0.3, -0.25) is 0 Å². The average molecular weight is 405 g/mol. The van der Waals surface area contributed by atoms with Crippen LogP contribution < -0.4 is 10.5 Å². The van der Waals surface area contributed by atoms with Crippen LogP contribution in [0, 0.1) is 0 Å². The Hall–Kier alpha value is -1.81. The molecule has 1 aromatic rings. The number of sulfonamides is 1. The molecular weight excluding hydrogens is 380 g/mol. The van der Waals surface area contributed by atoms with Crippen molar-refractivity contribution in [2.24, 2.45) is 0 Å². The van der Waals surface area contributed by atoms with E-state index in [0.717, 1.165) is 19.3 Å². The summed E-state index contributed by atoms with van der Waals surface area (Å²) in [5.41, 5.74) is 6.45. The Balaban J connectivity index is 2.16. The van der Waals surface area contributed by atoms with Crippen LogP contribution in [0.5, 0.6) is 0 Å². The Kier molecular flexibility index (Phi) is 6.17. The van der Waals surface area contributed by atoms with Crippen molar-refractivity contribution < 1.29 is 25.8 Å². The highest BCUT2D eigenvalue weighted by molar-refractivity contribution is 7.91. The van der Waals surface area contributed by atoms with Crippen LogP contribution in [-0.4, -0.2) is 28.2 Å². The highest BCUT2D eigenvalue weighted by Crippen LogP contribution is 2.29. The van der Waals surface area contributed by atoms with Crippen LogP contribution in [0.4, 0.5) is 10.5 Å². The molecule has 0 unspecified atom stereocenters. The first-order chi connectivity index (χ1) is 12.0. The summed E-state index contributed by atoms with van der Waals surface area (Å²) in [7, 11) is -8.54. The van der Waals surface area contributed by atoms with Gasteiger partial charge >= 0.3 is 16.2 Å². The van der Waals surface area contributed by atoms with Crippen molar-refractivity contribution in [3.8, 4) is 0 Å². The largest absolute Gasteiger partial charge is 0.436 e. The summed E-state index contributed by atoms with van der Waals surface area (Å²) in [5.74, 6) is -0.0364. The molecule has 0 radical (unpaired) electrons. The van der Waals surface area contributed by atoms with Crippen molar-refractivity contribution in [3.63, 3.8) is 0 Å². The molecule has 1 aliphatic rings. The second kappa shape index (κ2) is 7.83. The molecule has 3 N–H and O–H groups in total. The SMILES string of the molecule is CC(C)c1cccc(S(=O)(=O)OC(=O)NS(=O)(=O)C2CCCCC2)c1N. The lowest BCUT2D eigenvalue weighted by atomic mass is 10.0. The number of carbonyl (C=O) groups is 1. The maximum Gasteiger partial charge on any atom is 0.436 e. The lowest BCUT2D eigenvalue weighted by Crippen LogP contribution is -2.40. The van der Waals surface area contributed by atoms with E-state index in [1.807, 2.05) is 13.8 Å². The van der Waals surface area contributed by atoms with Gasteiger partial charge in [0, 0.05) is 0 Å². The Labute approximate surface area is 154 Å². The number of carbonyl (C=O) groups excluding carboxylic acids is 1. The molecule has 0 atom stereocenters. The van der Waals surface area contributed by atoms with Crippen molar-refractivity contribution in [1.82, 2.24) is 4.72 Å². The predicted molar refractivity (Wildman–Crippen MR) is 97.5 cm³/mol. The van der Waals surface area contributed by atoms with Gasteiger partial charge in [-0.1, -0.05) is 45.2 Å². The summed E-state index contributed by atoms with van der Waals surface area (Å²) in [6.45, 7) is 3.68. The van der Waals surface area contributed by atoms with Crippen LogP contribution in [0.3, 0.4) is 0 Å². The number of hydrogen-bond donors (Lipinski definition) is 2. The number of nitrogens with one attached hydrogen (secondary N) is 1. The number of para-hydroxylation sites is 1. The Morgan fingerprint density at radius 2 is 1.77 bits per heavy atom. The highest BCUT2D eigenvalue weighted by atomic mass is 32.2. The normalized spacial score (nSPS) is 16.4. The summed E-state index contributed by atoms with van der Waals surface area (Å²) in [6, 6.07) is 4.37. The molecule has 0 heterocycles. The zero-order valence-corrected chi connectivity index (χ0v) is 16.4. The second-order valence-electron chi connectivity index (χ2n) is 6.65. The molecule has 26 heavy (non-hydrogen) atoms. The van der Waals surface area contributed by atoms with Gasteiger partial charge in [0.1, 0.15) is 4.90 Å². The third-order valence-electron chi connectivity index (χ3n) is 4.39. The lowest BCUT2D eigenvalue weighted by Gasteiger charge is -2.21. The molecule has 0 aliphatic heterocycles. The van der Waals surface area contributed by atoms with Crippen LogP contribution in [0.1, 0.15) is 57.4 Å². The van der Waals surface area contributed by atoms with Crippen molar-refractivity contribution in [2.45, 2.75) is 62.0 Å². The molecule has 146 valence electrons. The van der Waals surface area contributed by atoms with Gasteiger partial charge in [-0.15, -0.1) is 0 Å². The summed E-state index contributed by atoms with van der Waals surface area (Å²) in [5, 5.41) is -0.721. The minimum atomic E-state index is -4.55. The number of hydrogen-bond acceptors (Lipinski definition) is 7. The van der Waals surface area contributed by atoms with E-state index in [1.165, 1.54) is 12.1 Å². The summed E-state index contributed by atoms with van der Waals surface area (Å²) >= 11 is 0. The zero-order chi connectivity index (χ0) is 19.5. The summed E-state index contributed by atoms with van der Waals surface area (Å²) < 4.78 is 55.2. The molecule has 0 aromatic heterocycles. The van der Waals surface area contributed by atoms with Crippen molar-refractivity contribution in [2.75, 3.05) is 5.73 Å².